The van der Waals surface area contributed by atoms with Crippen molar-refractivity contribution in [3.8, 4) is 5.75 Å². The third-order valence-corrected chi connectivity index (χ3v) is 4.15. The molecular formula is C16H23FN2O2. The van der Waals surface area contributed by atoms with E-state index in [9.17, 15) is 9.18 Å². The lowest BCUT2D eigenvalue weighted by Gasteiger charge is -2.34. The molecule has 1 heterocycles. The second kappa shape index (κ2) is 6.43. The van der Waals surface area contributed by atoms with E-state index in [-0.39, 0.29) is 17.8 Å². The fourth-order valence-corrected chi connectivity index (χ4v) is 2.74. The number of halogens is 1. The molecule has 2 atom stereocenters. The van der Waals surface area contributed by atoms with Crippen molar-refractivity contribution in [2.45, 2.75) is 32.7 Å². The number of amides is 1. The molecule has 0 saturated carbocycles. The fraction of sp³-hybridized carbons (Fsp3) is 0.562. The standard InChI is InChI=1S/C16H23FN2O2/c1-11(13-9-12(17)5-6-14(13)21-3)19-15(20)16(2)7-4-8-18-10-16/h5-6,9,11,18H,4,7-8,10H2,1-3H3,(H,19,20). The molecule has 0 radical (unpaired) electrons. The van der Waals surface area contributed by atoms with Gasteiger partial charge in [-0.3, -0.25) is 4.79 Å². The molecule has 1 aromatic rings. The average Bonchev–Trinajstić information content (AvgIpc) is 2.47. The number of piperidine rings is 1. The molecule has 1 aliphatic heterocycles. The number of ether oxygens (including phenoxy) is 1. The van der Waals surface area contributed by atoms with E-state index in [1.165, 1.54) is 19.2 Å². The molecule has 0 bridgehead atoms. The quantitative estimate of drug-likeness (QED) is 0.896. The van der Waals surface area contributed by atoms with Crippen molar-refractivity contribution in [2.75, 3.05) is 20.2 Å². The van der Waals surface area contributed by atoms with Crippen molar-refractivity contribution in [1.82, 2.24) is 10.6 Å². The van der Waals surface area contributed by atoms with Gasteiger partial charge in [0.15, 0.2) is 0 Å². The van der Waals surface area contributed by atoms with Crippen molar-refractivity contribution in [1.29, 1.82) is 0 Å². The van der Waals surface area contributed by atoms with Gasteiger partial charge in [-0.1, -0.05) is 0 Å². The van der Waals surface area contributed by atoms with E-state index in [1.54, 1.807) is 6.07 Å². The summed E-state index contributed by atoms with van der Waals surface area (Å²) < 4.78 is 18.7. The number of hydrogen-bond donors (Lipinski definition) is 2. The lowest BCUT2D eigenvalue weighted by atomic mass is 9.81. The van der Waals surface area contributed by atoms with Crippen LogP contribution in [0.3, 0.4) is 0 Å². The molecule has 2 rings (SSSR count). The van der Waals surface area contributed by atoms with Crippen LogP contribution >= 0.6 is 0 Å². The second-order valence-electron chi connectivity index (χ2n) is 5.92. The van der Waals surface area contributed by atoms with Crippen molar-refractivity contribution in [3.05, 3.63) is 29.6 Å². The maximum atomic E-state index is 13.4. The highest BCUT2D eigenvalue weighted by Gasteiger charge is 2.35. The third-order valence-electron chi connectivity index (χ3n) is 4.15. The smallest absolute Gasteiger partial charge is 0.227 e. The van der Waals surface area contributed by atoms with Gasteiger partial charge in [0, 0.05) is 12.1 Å². The van der Waals surface area contributed by atoms with Gasteiger partial charge in [0.1, 0.15) is 11.6 Å². The molecule has 0 aromatic heterocycles. The topological polar surface area (TPSA) is 50.4 Å². The summed E-state index contributed by atoms with van der Waals surface area (Å²) in [6, 6.07) is 4.04. The molecule has 1 aromatic carbocycles. The summed E-state index contributed by atoms with van der Waals surface area (Å²) >= 11 is 0. The zero-order valence-corrected chi connectivity index (χ0v) is 12.8. The minimum absolute atomic E-state index is 0.00601. The van der Waals surface area contributed by atoms with E-state index < -0.39 is 5.41 Å². The number of nitrogens with one attached hydrogen (secondary N) is 2. The molecule has 5 heteroatoms. The van der Waals surface area contributed by atoms with E-state index >= 15 is 0 Å². The molecule has 2 N–H and O–H groups in total. The minimum atomic E-state index is -0.410. The first-order valence-electron chi connectivity index (χ1n) is 7.31. The largest absolute Gasteiger partial charge is 0.496 e. The van der Waals surface area contributed by atoms with Gasteiger partial charge in [0.2, 0.25) is 5.91 Å². The molecule has 1 saturated heterocycles. The highest BCUT2D eigenvalue weighted by atomic mass is 19.1. The van der Waals surface area contributed by atoms with Crippen LogP contribution in [0.25, 0.3) is 0 Å². The van der Waals surface area contributed by atoms with Crippen molar-refractivity contribution in [2.24, 2.45) is 5.41 Å². The summed E-state index contributed by atoms with van der Waals surface area (Å²) in [5, 5.41) is 6.24. The van der Waals surface area contributed by atoms with E-state index in [0.29, 0.717) is 17.9 Å². The Kier molecular flexibility index (Phi) is 4.83. The monoisotopic (exact) mass is 294 g/mol. The van der Waals surface area contributed by atoms with Gasteiger partial charge in [0.25, 0.3) is 0 Å². The van der Waals surface area contributed by atoms with Gasteiger partial charge in [0.05, 0.1) is 18.6 Å². The van der Waals surface area contributed by atoms with Gasteiger partial charge in [-0.05, 0) is 51.4 Å². The summed E-state index contributed by atoms with van der Waals surface area (Å²) in [5.74, 6) is 0.238. The summed E-state index contributed by atoms with van der Waals surface area (Å²) in [7, 11) is 1.54. The normalized spacial score (nSPS) is 23.4. The maximum absolute atomic E-state index is 13.4. The van der Waals surface area contributed by atoms with E-state index in [0.717, 1.165) is 19.4 Å². The lowest BCUT2D eigenvalue weighted by molar-refractivity contribution is -0.131. The van der Waals surface area contributed by atoms with Crippen LogP contribution in [0, 0.1) is 11.2 Å². The molecule has 1 aliphatic rings. The van der Waals surface area contributed by atoms with Crippen LogP contribution in [0.15, 0.2) is 18.2 Å². The highest BCUT2D eigenvalue weighted by molar-refractivity contribution is 5.83. The number of carbonyl (C=O) groups excluding carboxylic acids is 1. The molecule has 21 heavy (non-hydrogen) atoms. The third kappa shape index (κ3) is 3.53. The Bertz CT molecular complexity index is 513. The summed E-state index contributed by atoms with van der Waals surface area (Å²) in [5.41, 5.74) is 0.241. The fourth-order valence-electron chi connectivity index (χ4n) is 2.74. The maximum Gasteiger partial charge on any atom is 0.227 e. The number of carbonyl (C=O) groups is 1. The van der Waals surface area contributed by atoms with Crippen LogP contribution in [0.5, 0.6) is 5.75 Å². The Morgan fingerprint density at radius 3 is 2.90 bits per heavy atom. The van der Waals surface area contributed by atoms with E-state index in [4.69, 9.17) is 4.74 Å². The van der Waals surface area contributed by atoms with Crippen LogP contribution in [0.1, 0.15) is 38.3 Å². The van der Waals surface area contributed by atoms with Crippen LogP contribution in [0.4, 0.5) is 4.39 Å². The zero-order valence-electron chi connectivity index (χ0n) is 12.8. The van der Waals surface area contributed by atoms with Gasteiger partial charge in [-0.25, -0.2) is 4.39 Å². The Hall–Kier alpha value is -1.62. The Balaban J connectivity index is 2.12. The van der Waals surface area contributed by atoms with Crippen molar-refractivity contribution < 1.29 is 13.9 Å². The number of benzene rings is 1. The van der Waals surface area contributed by atoms with E-state index in [2.05, 4.69) is 10.6 Å². The molecule has 1 fully saturated rings. The molecule has 4 nitrogen and oxygen atoms in total. The van der Waals surface area contributed by atoms with E-state index in [1.807, 2.05) is 13.8 Å². The summed E-state index contributed by atoms with van der Waals surface area (Å²) in [6.07, 6.45) is 1.85. The van der Waals surface area contributed by atoms with Gasteiger partial charge < -0.3 is 15.4 Å². The first kappa shape index (κ1) is 15.8. The van der Waals surface area contributed by atoms with Gasteiger partial charge >= 0.3 is 0 Å². The van der Waals surface area contributed by atoms with Crippen LogP contribution in [-0.2, 0) is 4.79 Å². The molecule has 2 unspecified atom stereocenters. The lowest BCUT2D eigenvalue weighted by Crippen LogP contribution is -2.49. The Morgan fingerprint density at radius 2 is 2.29 bits per heavy atom. The number of methoxy groups -OCH3 is 1. The Morgan fingerprint density at radius 1 is 1.52 bits per heavy atom. The number of rotatable bonds is 4. The zero-order chi connectivity index (χ0) is 15.5. The molecule has 1 amide bonds. The van der Waals surface area contributed by atoms with Crippen molar-refractivity contribution in [3.63, 3.8) is 0 Å². The highest BCUT2D eigenvalue weighted by Crippen LogP contribution is 2.29. The molecule has 0 aliphatic carbocycles. The molecule has 0 spiro atoms. The predicted octanol–water partition coefficient (Wildman–Crippen LogP) is 2.40. The van der Waals surface area contributed by atoms with Crippen LogP contribution in [-0.4, -0.2) is 26.1 Å². The average molecular weight is 294 g/mol. The molecule has 116 valence electrons. The second-order valence-corrected chi connectivity index (χ2v) is 5.92. The first-order valence-corrected chi connectivity index (χ1v) is 7.31. The van der Waals surface area contributed by atoms with Crippen molar-refractivity contribution >= 4 is 5.91 Å². The predicted molar refractivity (Wildman–Crippen MR) is 79.7 cm³/mol. The summed E-state index contributed by atoms with van der Waals surface area (Å²) in [6.45, 7) is 5.43. The minimum Gasteiger partial charge on any atom is -0.496 e. The van der Waals surface area contributed by atoms with Crippen LogP contribution in [0.2, 0.25) is 0 Å². The number of hydrogen-bond acceptors (Lipinski definition) is 3. The Labute approximate surface area is 125 Å². The summed E-state index contributed by atoms with van der Waals surface area (Å²) in [4.78, 5) is 12.5. The van der Waals surface area contributed by atoms with Crippen LogP contribution < -0.4 is 15.4 Å². The molecular weight excluding hydrogens is 271 g/mol. The SMILES string of the molecule is COc1ccc(F)cc1C(C)NC(=O)C1(C)CCCNC1. The first-order chi connectivity index (χ1) is 9.96. The van der Waals surface area contributed by atoms with Gasteiger partial charge in [-0.15, -0.1) is 0 Å². The van der Waals surface area contributed by atoms with Gasteiger partial charge in [-0.2, -0.15) is 0 Å².